The lowest BCUT2D eigenvalue weighted by Gasteiger charge is -2.27. The van der Waals surface area contributed by atoms with Gasteiger partial charge in [0, 0.05) is 11.1 Å². The van der Waals surface area contributed by atoms with Crippen molar-refractivity contribution in [3.8, 4) is 5.75 Å². The molecule has 0 radical (unpaired) electrons. The van der Waals surface area contributed by atoms with Gasteiger partial charge in [0.25, 0.3) is 0 Å². The number of likely N-dealkylation sites (N-methyl/N-ethyl adjacent to an activating group) is 1. The van der Waals surface area contributed by atoms with Crippen LogP contribution in [0.2, 0.25) is 5.02 Å². The van der Waals surface area contributed by atoms with Gasteiger partial charge in [-0.1, -0.05) is 32.4 Å². The first-order valence-electron chi connectivity index (χ1n) is 6.49. The number of halogens is 1. The predicted molar refractivity (Wildman–Crippen MR) is 78.6 cm³/mol. The summed E-state index contributed by atoms with van der Waals surface area (Å²) < 4.78 is 5.40. The fourth-order valence-electron chi connectivity index (χ4n) is 2.16. The van der Waals surface area contributed by atoms with E-state index in [0.717, 1.165) is 22.8 Å². The number of ether oxygens (including phenoxy) is 1. The molecule has 1 aromatic rings. The Bertz CT molecular complexity index is 379. The predicted octanol–water partition coefficient (Wildman–Crippen LogP) is 3.77. The second-order valence-corrected chi connectivity index (χ2v) is 5.60. The lowest BCUT2D eigenvalue weighted by Crippen LogP contribution is -2.36. The summed E-state index contributed by atoms with van der Waals surface area (Å²) in [5.74, 6) is 2.15. The highest BCUT2D eigenvalue weighted by atomic mass is 35.5. The zero-order valence-electron chi connectivity index (χ0n) is 12.0. The van der Waals surface area contributed by atoms with E-state index in [2.05, 4.69) is 26.1 Å². The standard InChI is InChI=1S/C15H24ClNO/c1-10(2)11(3)14(17-4)9-12-8-13(16)6-7-15(12)18-5/h6-8,10-11,14,17H,9H2,1-5H3. The Labute approximate surface area is 116 Å². The Morgan fingerprint density at radius 3 is 2.44 bits per heavy atom. The normalized spacial score (nSPS) is 14.6. The highest BCUT2D eigenvalue weighted by molar-refractivity contribution is 6.30. The Morgan fingerprint density at radius 2 is 1.94 bits per heavy atom. The highest BCUT2D eigenvalue weighted by Crippen LogP contribution is 2.26. The summed E-state index contributed by atoms with van der Waals surface area (Å²) >= 11 is 6.07. The van der Waals surface area contributed by atoms with E-state index in [9.17, 15) is 0 Å². The van der Waals surface area contributed by atoms with Gasteiger partial charge < -0.3 is 10.1 Å². The van der Waals surface area contributed by atoms with E-state index < -0.39 is 0 Å². The van der Waals surface area contributed by atoms with Crippen LogP contribution in [0, 0.1) is 11.8 Å². The number of hydrogen-bond acceptors (Lipinski definition) is 2. The van der Waals surface area contributed by atoms with Gasteiger partial charge in [-0.25, -0.2) is 0 Å². The molecule has 102 valence electrons. The molecule has 1 N–H and O–H groups in total. The van der Waals surface area contributed by atoms with Crippen molar-refractivity contribution in [2.24, 2.45) is 11.8 Å². The molecule has 2 nitrogen and oxygen atoms in total. The first-order valence-corrected chi connectivity index (χ1v) is 6.87. The number of hydrogen-bond donors (Lipinski definition) is 1. The van der Waals surface area contributed by atoms with Crippen LogP contribution in [0.25, 0.3) is 0 Å². The maximum atomic E-state index is 6.07. The lowest BCUT2D eigenvalue weighted by atomic mass is 9.86. The third kappa shape index (κ3) is 3.89. The van der Waals surface area contributed by atoms with Gasteiger partial charge in [0.15, 0.2) is 0 Å². The number of methoxy groups -OCH3 is 1. The molecular formula is C15H24ClNO. The molecule has 0 heterocycles. The van der Waals surface area contributed by atoms with E-state index in [1.54, 1.807) is 7.11 Å². The van der Waals surface area contributed by atoms with E-state index in [1.807, 2.05) is 25.2 Å². The Morgan fingerprint density at radius 1 is 1.28 bits per heavy atom. The minimum absolute atomic E-state index is 0.428. The summed E-state index contributed by atoms with van der Waals surface area (Å²) in [6.07, 6.45) is 0.930. The molecule has 0 fully saturated rings. The van der Waals surface area contributed by atoms with Crippen molar-refractivity contribution >= 4 is 11.6 Å². The third-order valence-corrected chi connectivity index (χ3v) is 3.97. The Balaban J connectivity index is 2.90. The minimum atomic E-state index is 0.428. The Kier molecular flexibility index (Phi) is 5.97. The molecule has 0 aliphatic carbocycles. The molecule has 0 aliphatic heterocycles. The van der Waals surface area contributed by atoms with Crippen LogP contribution in [0.4, 0.5) is 0 Å². The van der Waals surface area contributed by atoms with Crippen molar-refractivity contribution < 1.29 is 4.74 Å². The van der Waals surface area contributed by atoms with Crippen LogP contribution in [-0.4, -0.2) is 20.2 Å². The lowest BCUT2D eigenvalue weighted by molar-refractivity contribution is 0.306. The third-order valence-electron chi connectivity index (χ3n) is 3.74. The summed E-state index contributed by atoms with van der Waals surface area (Å²) in [5.41, 5.74) is 1.16. The van der Waals surface area contributed by atoms with Gasteiger partial charge in [-0.15, -0.1) is 0 Å². The van der Waals surface area contributed by atoms with Gasteiger partial charge in [0.1, 0.15) is 5.75 Å². The van der Waals surface area contributed by atoms with Crippen molar-refractivity contribution in [3.63, 3.8) is 0 Å². The van der Waals surface area contributed by atoms with E-state index in [4.69, 9.17) is 16.3 Å². The van der Waals surface area contributed by atoms with Crippen LogP contribution < -0.4 is 10.1 Å². The van der Waals surface area contributed by atoms with Gasteiger partial charge in [-0.05, 0) is 49.1 Å². The van der Waals surface area contributed by atoms with E-state index in [0.29, 0.717) is 17.9 Å². The average Bonchev–Trinajstić information content (AvgIpc) is 2.35. The smallest absolute Gasteiger partial charge is 0.122 e. The van der Waals surface area contributed by atoms with Gasteiger partial charge >= 0.3 is 0 Å². The van der Waals surface area contributed by atoms with Crippen molar-refractivity contribution in [2.45, 2.75) is 33.2 Å². The summed E-state index contributed by atoms with van der Waals surface area (Å²) in [6.45, 7) is 6.79. The number of benzene rings is 1. The van der Waals surface area contributed by atoms with E-state index in [1.165, 1.54) is 0 Å². The maximum absolute atomic E-state index is 6.07. The molecule has 1 rings (SSSR count). The average molecular weight is 270 g/mol. The van der Waals surface area contributed by atoms with Crippen molar-refractivity contribution in [1.82, 2.24) is 5.32 Å². The van der Waals surface area contributed by atoms with Crippen molar-refractivity contribution in [1.29, 1.82) is 0 Å². The second kappa shape index (κ2) is 7.01. The Hall–Kier alpha value is -0.730. The minimum Gasteiger partial charge on any atom is -0.496 e. The molecule has 18 heavy (non-hydrogen) atoms. The quantitative estimate of drug-likeness (QED) is 0.849. The van der Waals surface area contributed by atoms with Crippen LogP contribution in [0.15, 0.2) is 18.2 Å². The molecule has 2 unspecified atom stereocenters. The van der Waals surface area contributed by atoms with Gasteiger partial charge in [-0.2, -0.15) is 0 Å². The molecule has 0 amide bonds. The fraction of sp³-hybridized carbons (Fsp3) is 0.600. The first kappa shape index (κ1) is 15.3. The zero-order valence-corrected chi connectivity index (χ0v) is 12.7. The van der Waals surface area contributed by atoms with Crippen molar-refractivity contribution in [2.75, 3.05) is 14.2 Å². The van der Waals surface area contributed by atoms with Crippen LogP contribution in [0.1, 0.15) is 26.3 Å². The molecule has 0 aliphatic rings. The van der Waals surface area contributed by atoms with Crippen LogP contribution in [-0.2, 0) is 6.42 Å². The highest BCUT2D eigenvalue weighted by Gasteiger charge is 2.20. The van der Waals surface area contributed by atoms with Gasteiger partial charge in [0.05, 0.1) is 7.11 Å². The maximum Gasteiger partial charge on any atom is 0.122 e. The topological polar surface area (TPSA) is 21.3 Å². The molecule has 0 spiro atoms. The molecule has 2 atom stereocenters. The fourth-order valence-corrected chi connectivity index (χ4v) is 2.35. The van der Waals surface area contributed by atoms with Gasteiger partial charge in [0.2, 0.25) is 0 Å². The number of rotatable bonds is 6. The molecule has 3 heteroatoms. The summed E-state index contributed by atoms with van der Waals surface area (Å²) in [6, 6.07) is 6.23. The van der Waals surface area contributed by atoms with Crippen LogP contribution in [0.5, 0.6) is 5.75 Å². The van der Waals surface area contributed by atoms with Gasteiger partial charge in [-0.3, -0.25) is 0 Å². The van der Waals surface area contributed by atoms with Crippen molar-refractivity contribution in [3.05, 3.63) is 28.8 Å². The largest absolute Gasteiger partial charge is 0.496 e. The second-order valence-electron chi connectivity index (χ2n) is 5.16. The zero-order chi connectivity index (χ0) is 13.7. The van der Waals surface area contributed by atoms with E-state index in [-0.39, 0.29) is 0 Å². The molecule has 0 aromatic heterocycles. The molecule has 1 aromatic carbocycles. The summed E-state index contributed by atoms with van der Waals surface area (Å²) in [5, 5.41) is 4.17. The molecule has 0 saturated heterocycles. The SMILES string of the molecule is CNC(Cc1cc(Cl)ccc1OC)C(C)C(C)C. The molecular weight excluding hydrogens is 246 g/mol. The summed E-state index contributed by atoms with van der Waals surface area (Å²) in [7, 11) is 3.72. The molecule has 0 bridgehead atoms. The monoisotopic (exact) mass is 269 g/mol. The van der Waals surface area contributed by atoms with Crippen LogP contribution in [0.3, 0.4) is 0 Å². The molecule has 0 saturated carbocycles. The number of nitrogens with one attached hydrogen (secondary N) is 1. The summed E-state index contributed by atoms with van der Waals surface area (Å²) in [4.78, 5) is 0. The van der Waals surface area contributed by atoms with E-state index >= 15 is 0 Å². The first-order chi connectivity index (χ1) is 8.49. The van der Waals surface area contributed by atoms with Crippen LogP contribution >= 0.6 is 11.6 Å².